The summed E-state index contributed by atoms with van der Waals surface area (Å²) in [7, 11) is 1.81. The molecule has 9 heteroatoms. The molecule has 0 spiro atoms. The lowest BCUT2D eigenvalue weighted by atomic mass is 10.1. The van der Waals surface area contributed by atoms with E-state index in [4.69, 9.17) is 15.9 Å². The van der Waals surface area contributed by atoms with Crippen molar-refractivity contribution in [2.75, 3.05) is 7.11 Å². The van der Waals surface area contributed by atoms with E-state index in [2.05, 4.69) is 9.72 Å². The third kappa shape index (κ3) is 2.81. The Balaban J connectivity index is 3.63. The van der Waals surface area contributed by atoms with Crippen LogP contribution in [-0.2, 0) is 9.05 Å². The fourth-order valence-corrected chi connectivity index (χ4v) is 1.78. The minimum absolute atomic E-state index is 0.550. The highest BCUT2D eigenvalue weighted by molar-refractivity contribution is 8.13. The molecule has 5 nitrogen and oxygen atoms in total. The molecule has 0 atom stereocenters. The van der Waals surface area contributed by atoms with E-state index < -0.39 is 37.5 Å². The monoisotopic (exact) mass is 282 g/mol. The summed E-state index contributed by atoms with van der Waals surface area (Å²) in [6.45, 7) is 0. The van der Waals surface area contributed by atoms with E-state index in [0.29, 0.717) is 6.07 Å². The summed E-state index contributed by atoms with van der Waals surface area (Å²) < 4.78 is 51.8. The summed E-state index contributed by atoms with van der Waals surface area (Å²) in [4.78, 5) is 3.32. The lowest BCUT2D eigenvalue weighted by Gasteiger charge is -2.09. The summed E-state index contributed by atoms with van der Waals surface area (Å²) in [6.07, 6.45) is -3.01. The van der Waals surface area contributed by atoms with Gasteiger partial charge in [-0.15, -0.1) is 0 Å². The lowest BCUT2D eigenvalue weighted by molar-refractivity contribution is 0.145. The van der Waals surface area contributed by atoms with Crippen LogP contribution in [0, 0.1) is 11.3 Å². The zero-order chi connectivity index (χ0) is 13.2. The number of nitriles is 1. The normalized spacial score (nSPS) is 11.3. The van der Waals surface area contributed by atoms with Gasteiger partial charge in [0, 0.05) is 10.7 Å². The number of halogens is 3. The minimum Gasteiger partial charge on any atom is -0.481 e. The van der Waals surface area contributed by atoms with Crippen LogP contribution in [0.15, 0.2) is 11.1 Å². The molecule has 0 saturated heterocycles. The molecule has 1 heterocycles. The SMILES string of the molecule is COc1nc(S(=O)(=O)Cl)cc(C#N)c1C(F)F. The molecular weight excluding hydrogens is 278 g/mol. The van der Waals surface area contributed by atoms with Crippen molar-refractivity contribution in [3.05, 3.63) is 17.2 Å². The number of hydrogen-bond donors (Lipinski definition) is 0. The average Bonchev–Trinajstić information content (AvgIpc) is 2.25. The average molecular weight is 283 g/mol. The van der Waals surface area contributed by atoms with E-state index in [1.165, 1.54) is 6.07 Å². The molecule has 0 bridgehead atoms. The highest BCUT2D eigenvalue weighted by Crippen LogP contribution is 2.32. The number of alkyl halides is 2. The summed E-state index contributed by atoms with van der Waals surface area (Å²) >= 11 is 0. The number of methoxy groups -OCH3 is 1. The number of hydrogen-bond acceptors (Lipinski definition) is 5. The van der Waals surface area contributed by atoms with E-state index in [9.17, 15) is 17.2 Å². The number of ether oxygens (including phenoxy) is 1. The fourth-order valence-electron chi connectivity index (χ4n) is 1.09. The van der Waals surface area contributed by atoms with E-state index in [0.717, 1.165) is 7.11 Å². The Hall–Kier alpha value is -1.46. The van der Waals surface area contributed by atoms with Crippen molar-refractivity contribution in [1.82, 2.24) is 4.98 Å². The number of rotatable bonds is 3. The molecule has 0 unspecified atom stereocenters. The molecule has 0 N–H and O–H groups in total. The molecule has 0 aliphatic carbocycles. The van der Waals surface area contributed by atoms with Gasteiger partial charge in [-0.2, -0.15) is 10.2 Å². The van der Waals surface area contributed by atoms with Crippen molar-refractivity contribution in [3.63, 3.8) is 0 Å². The maximum absolute atomic E-state index is 12.6. The van der Waals surface area contributed by atoms with Gasteiger partial charge in [0.15, 0.2) is 5.03 Å². The van der Waals surface area contributed by atoms with Gasteiger partial charge >= 0.3 is 0 Å². The highest BCUT2D eigenvalue weighted by Gasteiger charge is 2.25. The van der Waals surface area contributed by atoms with Crippen LogP contribution in [0.3, 0.4) is 0 Å². The molecule has 0 saturated carbocycles. The maximum atomic E-state index is 12.6. The van der Waals surface area contributed by atoms with Crippen molar-refractivity contribution >= 4 is 19.7 Å². The van der Waals surface area contributed by atoms with Crippen LogP contribution in [0.1, 0.15) is 17.6 Å². The first kappa shape index (κ1) is 13.6. The first-order valence-corrected chi connectivity index (χ1v) is 6.34. The first-order chi connectivity index (χ1) is 7.81. The van der Waals surface area contributed by atoms with Gasteiger partial charge in [0.05, 0.1) is 24.3 Å². The minimum atomic E-state index is -4.23. The predicted octanol–water partition coefficient (Wildman–Crippen LogP) is 1.83. The molecule has 0 aliphatic heterocycles. The van der Waals surface area contributed by atoms with Gasteiger partial charge in [0.25, 0.3) is 15.5 Å². The Morgan fingerprint density at radius 2 is 2.18 bits per heavy atom. The van der Waals surface area contributed by atoms with Crippen molar-refractivity contribution in [2.24, 2.45) is 0 Å². The van der Waals surface area contributed by atoms with Crippen LogP contribution in [-0.4, -0.2) is 20.5 Å². The standard InChI is InChI=1S/C8H5ClF2N2O3S/c1-16-8-6(7(10)11)4(3-12)2-5(13-8)17(9,14)15/h2,7H,1H3. The zero-order valence-corrected chi connectivity index (χ0v) is 9.89. The Morgan fingerprint density at radius 1 is 1.59 bits per heavy atom. The summed E-state index contributed by atoms with van der Waals surface area (Å²) in [5.74, 6) is -0.640. The Morgan fingerprint density at radius 3 is 2.53 bits per heavy atom. The smallest absolute Gasteiger partial charge is 0.278 e. The van der Waals surface area contributed by atoms with Crippen LogP contribution in [0.25, 0.3) is 0 Å². The Labute approximate surface area is 100 Å². The van der Waals surface area contributed by atoms with Crippen LogP contribution >= 0.6 is 10.7 Å². The van der Waals surface area contributed by atoms with E-state index >= 15 is 0 Å². The topological polar surface area (TPSA) is 80.0 Å². The van der Waals surface area contributed by atoms with Gasteiger partial charge in [0.1, 0.15) is 0 Å². The molecule has 0 fully saturated rings. The maximum Gasteiger partial charge on any atom is 0.278 e. The molecule has 0 radical (unpaired) electrons. The van der Waals surface area contributed by atoms with Gasteiger partial charge in [-0.05, 0) is 6.07 Å². The Bertz CT molecular complexity index is 583. The summed E-state index contributed by atoms with van der Waals surface area (Å²) in [6, 6.07) is 2.11. The van der Waals surface area contributed by atoms with E-state index in [1.807, 2.05) is 0 Å². The van der Waals surface area contributed by atoms with Crippen molar-refractivity contribution in [1.29, 1.82) is 5.26 Å². The van der Waals surface area contributed by atoms with Crippen LogP contribution in [0.5, 0.6) is 5.88 Å². The fraction of sp³-hybridized carbons (Fsp3) is 0.250. The molecule has 92 valence electrons. The highest BCUT2D eigenvalue weighted by atomic mass is 35.7. The van der Waals surface area contributed by atoms with Gasteiger partial charge in [-0.25, -0.2) is 17.2 Å². The van der Waals surface area contributed by atoms with Gasteiger partial charge < -0.3 is 4.74 Å². The van der Waals surface area contributed by atoms with Crippen molar-refractivity contribution < 1.29 is 21.9 Å². The Kier molecular flexibility index (Phi) is 3.85. The quantitative estimate of drug-likeness (QED) is 0.790. The number of aromatic nitrogens is 1. The molecule has 0 aromatic carbocycles. The van der Waals surface area contributed by atoms with Crippen molar-refractivity contribution in [2.45, 2.75) is 11.5 Å². The second kappa shape index (κ2) is 4.81. The third-order valence-corrected chi connectivity index (χ3v) is 2.96. The molecule has 17 heavy (non-hydrogen) atoms. The lowest BCUT2D eigenvalue weighted by Crippen LogP contribution is -2.04. The second-order valence-corrected chi connectivity index (χ2v) is 5.29. The van der Waals surface area contributed by atoms with Crippen LogP contribution < -0.4 is 4.74 Å². The molecule has 1 aromatic heterocycles. The molecular formula is C8H5ClF2N2O3S. The molecule has 1 aromatic rings. The second-order valence-electron chi connectivity index (χ2n) is 2.78. The van der Waals surface area contributed by atoms with E-state index in [1.54, 1.807) is 0 Å². The summed E-state index contributed by atoms with van der Waals surface area (Å²) in [5, 5.41) is 7.96. The van der Waals surface area contributed by atoms with Crippen molar-refractivity contribution in [3.8, 4) is 11.9 Å². The van der Waals surface area contributed by atoms with Gasteiger partial charge in [-0.3, -0.25) is 0 Å². The molecule has 0 amide bonds. The number of pyridine rings is 1. The number of nitrogens with zero attached hydrogens (tertiary/aromatic N) is 2. The van der Waals surface area contributed by atoms with E-state index in [-0.39, 0.29) is 0 Å². The largest absolute Gasteiger partial charge is 0.481 e. The van der Waals surface area contributed by atoms with Crippen LogP contribution in [0.2, 0.25) is 0 Å². The molecule has 0 aliphatic rings. The van der Waals surface area contributed by atoms with Gasteiger partial charge in [0.2, 0.25) is 5.88 Å². The van der Waals surface area contributed by atoms with Gasteiger partial charge in [-0.1, -0.05) is 0 Å². The first-order valence-electron chi connectivity index (χ1n) is 4.03. The third-order valence-electron chi connectivity index (χ3n) is 1.78. The zero-order valence-electron chi connectivity index (χ0n) is 8.32. The molecule has 1 rings (SSSR count). The predicted molar refractivity (Wildman–Crippen MR) is 53.5 cm³/mol. The van der Waals surface area contributed by atoms with Crippen LogP contribution in [0.4, 0.5) is 8.78 Å². The summed E-state index contributed by atoms with van der Waals surface area (Å²) in [5.41, 5.74) is -1.31.